The maximum Gasteiger partial charge on any atom is 0.410 e. The van der Waals surface area contributed by atoms with Crippen LogP contribution in [0.4, 0.5) is 4.79 Å². The third kappa shape index (κ3) is 3.63. The number of rotatable bonds is 3. The zero-order chi connectivity index (χ0) is 23.9. The number of benzene rings is 3. The molecule has 1 amide bonds. The van der Waals surface area contributed by atoms with Crippen molar-refractivity contribution in [3.63, 3.8) is 0 Å². The van der Waals surface area contributed by atoms with Gasteiger partial charge in [0, 0.05) is 12.0 Å². The fourth-order valence-electron chi connectivity index (χ4n) is 6.29. The summed E-state index contributed by atoms with van der Waals surface area (Å²) in [5, 5.41) is 9.45. The predicted molar refractivity (Wildman–Crippen MR) is 137 cm³/mol. The Morgan fingerprint density at radius 2 is 1.66 bits per heavy atom. The first-order chi connectivity index (χ1) is 17.2. The van der Waals surface area contributed by atoms with Crippen molar-refractivity contribution >= 4 is 11.7 Å². The second kappa shape index (κ2) is 8.74. The van der Waals surface area contributed by atoms with Gasteiger partial charge in [0.05, 0.1) is 17.7 Å². The lowest BCUT2D eigenvalue weighted by molar-refractivity contribution is 0.0539. The van der Waals surface area contributed by atoms with Gasteiger partial charge in [0.25, 0.3) is 0 Å². The Labute approximate surface area is 206 Å². The maximum absolute atomic E-state index is 13.4. The molecule has 2 aliphatic heterocycles. The molecule has 0 spiro atoms. The molecule has 2 bridgehead atoms. The summed E-state index contributed by atoms with van der Waals surface area (Å²) in [5.74, 6) is 0.0680. The summed E-state index contributed by atoms with van der Waals surface area (Å²) >= 11 is 0. The monoisotopic (exact) mass is 460 g/mol. The molecule has 2 atom stereocenters. The van der Waals surface area contributed by atoms with Crippen LogP contribution < -0.4 is 0 Å². The molecular weight excluding hydrogens is 432 g/mol. The van der Waals surface area contributed by atoms with Gasteiger partial charge < -0.3 is 4.74 Å². The Hall–Kier alpha value is -3.84. The molecule has 0 saturated carbocycles. The van der Waals surface area contributed by atoms with Gasteiger partial charge in [0.1, 0.15) is 6.61 Å². The number of hydrogen-bond donors (Lipinski definition) is 0. The van der Waals surface area contributed by atoms with Crippen molar-refractivity contribution in [3.8, 4) is 17.2 Å². The molecule has 6 rings (SSSR count). The highest BCUT2D eigenvalue weighted by atomic mass is 16.6. The molecule has 4 heteroatoms. The standard InChI is InChI=1S/C31H28N2O2/c1-20-21(18-32)8-6-15-25(20)22-16-23-9-7-10-24(17-22)33(23)31(34)35-19-30-28-13-4-2-11-26(28)27-12-3-5-14-29(27)30/h2-6,8,11-16,23-24,30H,7,9-10,17,19H2,1H3. The number of carbonyl (C=O) groups excluding carboxylic acids is 1. The normalized spacial score (nSPS) is 20.5. The molecule has 174 valence electrons. The van der Waals surface area contributed by atoms with Gasteiger partial charge in [-0.2, -0.15) is 5.26 Å². The van der Waals surface area contributed by atoms with Gasteiger partial charge in [-0.25, -0.2) is 4.79 Å². The van der Waals surface area contributed by atoms with Crippen molar-refractivity contribution in [1.29, 1.82) is 5.26 Å². The summed E-state index contributed by atoms with van der Waals surface area (Å²) in [7, 11) is 0. The highest BCUT2D eigenvalue weighted by molar-refractivity contribution is 5.79. The van der Waals surface area contributed by atoms with Crippen LogP contribution in [0.5, 0.6) is 0 Å². The van der Waals surface area contributed by atoms with E-state index in [1.165, 1.54) is 27.8 Å². The van der Waals surface area contributed by atoms with E-state index in [1.54, 1.807) is 0 Å². The molecule has 0 N–H and O–H groups in total. The quantitative estimate of drug-likeness (QED) is 0.431. The van der Waals surface area contributed by atoms with Gasteiger partial charge in [-0.3, -0.25) is 4.90 Å². The van der Waals surface area contributed by atoms with Crippen molar-refractivity contribution < 1.29 is 9.53 Å². The van der Waals surface area contributed by atoms with Gasteiger partial charge in [-0.1, -0.05) is 66.7 Å². The van der Waals surface area contributed by atoms with Crippen LogP contribution in [-0.4, -0.2) is 29.7 Å². The van der Waals surface area contributed by atoms with Crippen LogP contribution in [-0.2, 0) is 4.74 Å². The zero-order valence-electron chi connectivity index (χ0n) is 19.9. The van der Waals surface area contributed by atoms with Gasteiger partial charge >= 0.3 is 6.09 Å². The van der Waals surface area contributed by atoms with Crippen LogP contribution in [0.15, 0.2) is 72.8 Å². The van der Waals surface area contributed by atoms with E-state index in [0.29, 0.717) is 12.2 Å². The van der Waals surface area contributed by atoms with Gasteiger partial charge in [-0.15, -0.1) is 0 Å². The third-order valence-corrected chi connectivity index (χ3v) is 7.98. The van der Waals surface area contributed by atoms with E-state index in [9.17, 15) is 10.1 Å². The first-order valence-electron chi connectivity index (χ1n) is 12.5. The van der Waals surface area contributed by atoms with E-state index >= 15 is 0 Å². The largest absolute Gasteiger partial charge is 0.448 e. The van der Waals surface area contributed by atoms with Crippen molar-refractivity contribution in [2.24, 2.45) is 0 Å². The van der Waals surface area contributed by atoms with E-state index in [-0.39, 0.29) is 24.1 Å². The van der Waals surface area contributed by atoms with Crippen LogP contribution >= 0.6 is 0 Å². The highest BCUT2D eigenvalue weighted by Gasteiger charge is 2.39. The Balaban J connectivity index is 1.23. The molecule has 0 radical (unpaired) electrons. The Morgan fingerprint density at radius 1 is 0.971 bits per heavy atom. The summed E-state index contributed by atoms with van der Waals surface area (Å²) in [6.45, 7) is 2.37. The molecular formula is C31H28N2O2. The van der Waals surface area contributed by atoms with Gasteiger partial charge in [0.2, 0.25) is 0 Å². The molecule has 1 fully saturated rings. The molecule has 3 aromatic rings. The number of carbonyl (C=O) groups is 1. The van der Waals surface area contributed by atoms with E-state index in [0.717, 1.165) is 36.8 Å². The number of hydrogen-bond acceptors (Lipinski definition) is 3. The average Bonchev–Trinajstić information content (AvgIpc) is 3.20. The summed E-state index contributed by atoms with van der Waals surface area (Å²) < 4.78 is 6.03. The average molecular weight is 461 g/mol. The minimum atomic E-state index is -0.209. The van der Waals surface area contributed by atoms with E-state index in [2.05, 4.69) is 66.7 Å². The molecule has 2 heterocycles. The molecule has 4 nitrogen and oxygen atoms in total. The first kappa shape index (κ1) is 21.7. The molecule has 1 aliphatic carbocycles. The van der Waals surface area contributed by atoms with Crippen molar-refractivity contribution in [1.82, 2.24) is 4.90 Å². The summed E-state index contributed by atoms with van der Waals surface area (Å²) in [6.07, 6.45) is 5.87. The molecule has 3 aliphatic rings. The number of ether oxygens (including phenoxy) is 1. The second-order valence-corrected chi connectivity index (χ2v) is 9.85. The van der Waals surface area contributed by atoms with Crippen LogP contribution in [0.2, 0.25) is 0 Å². The summed E-state index contributed by atoms with van der Waals surface area (Å²) in [5.41, 5.74) is 9.06. The predicted octanol–water partition coefficient (Wildman–Crippen LogP) is 6.83. The van der Waals surface area contributed by atoms with Crippen LogP contribution in [0.1, 0.15) is 59.4 Å². The van der Waals surface area contributed by atoms with Crippen LogP contribution in [0.3, 0.4) is 0 Å². The zero-order valence-corrected chi connectivity index (χ0v) is 19.9. The molecule has 35 heavy (non-hydrogen) atoms. The Bertz CT molecular complexity index is 1340. The number of nitriles is 1. The van der Waals surface area contributed by atoms with E-state index in [1.807, 2.05) is 24.0 Å². The number of fused-ring (bicyclic) bond motifs is 5. The lowest BCUT2D eigenvalue weighted by Gasteiger charge is -2.44. The SMILES string of the molecule is Cc1c(C#N)cccc1C1=CC2CCCC(C1)N2C(=O)OCC1c2ccccc2-c2ccccc21. The van der Waals surface area contributed by atoms with Crippen molar-refractivity contribution in [2.75, 3.05) is 6.61 Å². The van der Waals surface area contributed by atoms with Crippen LogP contribution in [0, 0.1) is 18.3 Å². The third-order valence-electron chi connectivity index (χ3n) is 7.98. The Morgan fingerprint density at radius 3 is 2.34 bits per heavy atom. The van der Waals surface area contributed by atoms with Gasteiger partial charge in [-0.05, 0) is 77.6 Å². The summed E-state index contributed by atoms with van der Waals surface area (Å²) in [6, 6.07) is 25.2. The highest BCUT2D eigenvalue weighted by Crippen LogP contribution is 2.45. The number of amides is 1. The molecule has 2 unspecified atom stereocenters. The summed E-state index contributed by atoms with van der Waals surface area (Å²) in [4.78, 5) is 15.4. The smallest absolute Gasteiger partial charge is 0.410 e. The molecule has 3 aromatic carbocycles. The fraction of sp³-hybridized carbons (Fsp3) is 0.290. The maximum atomic E-state index is 13.4. The fourth-order valence-corrected chi connectivity index (χ4v) is 6.29. The topological polar surface area (TPSA) is 53.3 Å². The number of piperidine rings is 1. The van der Waals surface area contributed by atoms with Gasteiger partial charge in [0.15, 0.2) is 0 Å². The minimum Gasteiger partial charge on any atom is -0.448 e. The molecule has 1 saturated heterocycles. The molecule has 0 aromatic heterocycles. The van der Waals surface area contributed by atoms with Crippen LogP contribution in [0.25, 0.3) is 16.7 Å². The van der Waals surface area contributed by atoms with Crippen molar-refractivity contribution in [2.45, 2.75) is 50.6 Å². The Kier molecular flexibility index (Phi) is 5.41. The van der Waals surface area contributed by atoms with E-state index < -0.39 is 0 Å². The minimum absolute atomic E-state index is 0.0401. The lowest BCUT2D eigenvalue weighted by atomic mass is 9.81. The number of nitrogens with zero attached hydrogens (tertiary/aromatic N) is 2. The van der Waals surface area contributed by atoms with E-state index in [4.69, 9.17) is 4.74 Å². The second-order valence-electron chi connectivity index (χ2n) is 9.85. The van der Waals surface area contributed by atoms with Crippen molar-refractivity contribution in [3.05, 3.63) is 101 Å². The lowest BCUT2D eigenvalue weighted by Crippen LogP contribution is -2.51. The first-order valence-corrected chi connectivity index (χ1v) is 12.5.